The van der Waals surface area contributed by atoms with Gasteiger partial charge >= 0.3 is 0 Å². The van der Waals surface area contributed by atoms with Crippen LogP contribution in [-0.4, -0.2) is 88.2 Å². The van der Waals surface area contributed by atoms with Gasteiger partial charge in [0.15, 0.2) is 5.96 Å². The van der Waals surface area contributed by atoms with E-state index in [1.54, 1.807) is 0 Å². The van der Waals surface area contributed by atoms with Gasteiger partial charge in [-0.2, -0.15) is 0 Å². The highest BCUT2D eigenvalue weighted by Gasteiger charge is 2.09. The Morgan fingerprint density at radius 3 is 2.16 bits per heavy atom. The molecule has 0 aromatic heterocycles. The Labute approximate surface area is 135 Å². The topological polar surface area (TPSA) is 31.3 Å². The summed E-state index contributed by atoms with van der Waals surface area (Å²) in [7, 11) is 8.14. The normalized spacial score (nSPS) is 15.6. The molecule has 0 atom stereocenters. The van der Waals surface area contributed by atoms with E-state index in [1.165, 1.54) is 13.0 Å². The van der Waals surface area contributed by atoms with Crippen molar-refractivity contribution in [2.24, 2.45) is 4.99 Å². The second kappa shape index (κ2) is 10.7. The summed E-state index contributed by atoms with van der Waals surface area (Å²) in [5, 5.41) is 0. The third-order valence-corrected chi connectivity index (χ3v) is 3.04. The molecule has 1 aliphatic heterocycles. The van der Waals surface area contributed by atoms with E-state index in [2.05, 4.69) is 19.7 Å². The molecule has 1 heterocycles. The Bertz CT molecular complexity index is 243. The lowest BCUT2D eigenvalue weighted by atomic mass is 10.3. The van der Waals surface area contributed by atoms with Crippen molar-refractivity contribution in [3.63, 3.8) is 0 Å². The van der Waals surface area contributed by atoms with E-state index < -0.39 is 0 Å². The van der Waals surface area contributed by atoms with Gasteiger partial charge in [0, 0.05) is 47.8 Å². The number of aliphatic imine (C=N–C) groups is 1. The first kappa shape index (κ1) is 18.9. The molecule has 6 heteroatoms. The molecule has 0 bridgehead atoms. The van der Waals surface area contributed by atoms with Crippen LogP contribution in [0.4, 0.5) is 0 Å². The van der Waals surface area contributed by atoms with Crippen molar-refractivity contribution >= 4 is 29.9 Å². The maximum Gasteiger partial charge on any atom is 0.195 e. The average molecular weight is 384 g/mol. The van der Waals surface area contributed by atoms with Crippen LogP contribution in [0.25, 0.3) is 0 Å². The third-order valence-electron chi connectivity index (χ3n) is 3.04. The molecular formula is C13H29IN4O. The number of hydrogen-bond acceptors (Lipinski definition) is 3. The summed E-state index contributed by atoms with van der Waals surface area (Å²) in [6.45, 7) is 6.05. The number of morpholine rings is 1. The van der Waals surface area contributed by atoms with Crippen molar-refractivity contribution < 1.29 is 4.74 Å². The maximum atomic E-state index is 5.34. The van der Waals surface area contributed by atoms with Crippen LogP contribution < -0.4 is 0 Å². The van der Waals surface area contributed by atoms with Gasteiger partial charge in [-0.3, -0.25) is 9.89 Å². The van der Waals surface area contributed by atoms with Crippen LogP contribution >= 0.6 is 24.0 Å². The monoisotopic (exact) mass is 384 g/mol. The molecule has 5 nitrogen and oxygen atoms in total. The molecule has 114 valence electrons. The Morgan fingerprint density at radius 1 is 1.05 bits per heavy atom. The summed E-state index contributed by atoms with van der Waals surface area (Å²) in [5.74, 6) is 1.04. The predicted molar refractivity (Wildman–Crippen MR) is 91.6 cm³/mol. The standard InChI is InChI=1S/C13H28N4O.HI/c1-15(2)13(16(3)4)14-7-5-6-8-17-9-11-18-12-10-17;/h5-12H2,1-4H3;1H. The molecule has 1 saturated heterocycles. The zero-order valence-electron chi connectivity index (χ0n) is 12.8. The first-order valence-electron chi connectivity index (χ1n) is 6.80. The van der Waals surface area contributed by atoms with E-state index in [9.17, 15) is 0 Å². The number of hydrogen-bond donors (Lipinski definition) is 0. The van der Waals surface area contributed by atoms with Crippen molar-refractivity contribution in [2.45, 2.75) is 12.8 Å². The van der Waals surface area contributed by atoms with Crippen molar-refractivity contribution in [3.8, 4) is 0 Å². The van der Waals surface area contributed by atoms with Gasteiger partial charge in [0.2, 0.25) is 0 Å². The Balaban J connectivity index is 0.00000324. The lowest BCUT2D eigenvalue weighted by Crippen LogP contribution is -2.37. The Hall–Kier alpha value is -0.0800. The van der Waals surface area contributed by atoms with Gasteiger partial charge in [0.1, 0.15) is 0 Å². The summed E-state index contributed by atoms with van der Waals surface area (Å²) in [4.78, 5) is 11.2. The molecule has 19 heavy (non-hydrogen) atoms. The molecule has 0 aromatic rings. The van der Waals surface area contributed by atoms with Gasteiger partial charge in [0.25, 0.3) is 0 Å². The average Bonchev–Trinajstić information content (AvgIpc) is 2.34. The minimum atomic E-state index is 0. The lowest BCUT2D eigenvalue weighted by molar-refractivity contribution is 0.0373. The fourth-order valence-electron chi connectivity index (χ4n) is 2.13. The van der Waals surface area contributed by atoms with Gasteiger partial charge in [-0.05, 0) is 19.4 Å². The summed E-state index contributed by atoms with van der Waals surface area (Å²) in [5.41, 5.74) is 0. The SMILES string of the molecule is CN(C)C(=NCCCCN1CCOCC1)N(C)C.I. The first-order valence-corrected chi connectivity index (χ1v) is 6.80. The quantitative estimate of drug-likeness (QED) is 0.309. The van der Waals surface area contributed by atoms with E-state index in [4.69, 9.17) is 4.74 Å². The first-order chi connectivity index (χ1) is 8.61. The van der Waals surface area contributed by atoms with Gasteiger partial charge in [-0.1, -0.05) is 0 Å². The largest absolute Gasteiger partial charge is 0.379 e. The van der Waals surface area contributed by atoms with Crippen LogP contribution in [0.15, 0.2) is 4.99 Å². The van der Waals surface area contributed by atoms with Crippen molar-refractivity contribution in [1.82, 2.24) is 14.7 Å². The van der Waals surface area contributed by atoms with Crippen LogP contribution in [0, 0.1) is 0 Å². The molecule has 1 rings (SSSR count). The van der Waals surface area contributed by atoms with Gasteiger partial charge in [0.05, 0.1) is 13.2 Å². The predicted octanol–water partition coefficient (Wildman–Crippen LogP) is 1.20. The van der Waals surface area contributed by atoms with E-state index >= 15 is 0 Å². The minimum absolute atomic E-state index is 0. The van der Waals surface area contributed by atoms with Gasteiger partial charge < -0.3 is 14.5 Å². The molecular weight excluding hydrogens is 355 g/mol. The summed E-state index contributed by atoms with van der Waals surface area (Å²) in [6.07, 6.45) is 2.38. The molecule has 0 saturated carbocycles. The third kappa shape index (κ3) is 7.94. The van der Waals surface area contributed by atoms with Crippen LogP contribution in [0.3, 0.4) is 0 Å². The lowest BCUT2D eigenvalue weighted by Gasteiger charge is -2.26. The second-order valence-electron chi connectivity index (χ2n) is 5.13. The molecule has 0 spiro atoms. The number of nitrogens with zero attached hydrogens (tertiary/aromatic N) is 4. The van der Waals surface area contributed by atoms with Crippen molar-refractivity contribution in [2.75, 3.05) is 67.6 Å². The van der Waals surface area contributed by atoms with E-state index in [0.717, 1.165) is 45.2 Å². The smallest absolute Gasteiger partial charge is 0.195 e. The van der Waals surface area contributed by atoms with Crippen LogP contribution in [-0.2, 0) is 4.74 Å². The zero-order chi connectivity index (χ0) is 13.4. The molecule has 0 N–H and O–H groups in total. The Morgan fingerprint density at radius 2 is 1.63 bits per heavy atom. The molecule has 0 radical (unpaired) electrons. The van der Waals surface area contributed by atoms with E-state index in [1.807, 2.05) is 28.2 Å². The number of rotatable bonds is 5. The van der Waals surface area contributed by atoms with Gasteiger partial charge in [-0.15, -0.1) is 24.0 Å². The highest BCUT2D eigenvalue weighted by Crippen LogP contribution is 2.00. The molecule has 0 aliphatic carbocycles. The van der Waals surface area contributed by atoms with Crippen LogP contribution in [0.2, 0.25) is 0 Å². The second-order valence-corrected chi connectivity index (χ2v) is 5.13. The summed E-state index contributed by atoms with van der Waals surface area (Å²) >= 11 is 0. The maximum absolute atomic E-state index is 5.34. The molecule has 1 aliphatic rings. The van der Waals surface area contributed by atoms with Crippen LogP contribution in [0.5, 0.6) is 0 Å². The fraction of sp³-hybridized carbons (Fsp3) is 0.923. The van der Waals surface area contributed by atoms with Crippen molar-refractivity contribution in [1.29, 1.82) is 0 Å². The van der Waals surface area contributed by atoms with Gasteiger partial charge in [-0.25, -0.2) is 0 Å². The molecule has 0 unspecified atom stereocenters. The number of halogens is 1. The molecule has 0 amide bonds. The number of unbranched alkanes of at least 4 members (excludes halogenated alkanes) is 1. The fourth-order valence-corrected chi connectivity index (χ4v) is 2.13. The minimum Gasteiger partial charge on any atom is -0.379 e. The highest BCUT2D eigenvalue weighted by molar-refractivity contribution is 14.0. The Kier molecular flexibility index (Phi) is 10.6. The van der Waals surface area contributed by atoms with Crippen molar-refractivity contribution in [3.05, 3.63) is 0 Å². The highest BCUT2D eigenvalue weighted by atomic mass is 127. The number of guanidine groups is 1. The summed E-state index contributed by atoms with van der Waals surface area (Å²) < 4.78 is 5.34. The number of ether oxygens (including phenoxy) is 1. The zero-order valence-corrected chi connectivity index (χ0v) is 15.1. The summed E-state index contributed by atoms with van der Waals surface area (Å²) in [6, 6.07) is 0. The molecule has 1 fully saturated rings. The van der Waals surface area contributed by atoms with E-state index in [0.29, 0.717) is 0 Å². The van der Waals surface area contributed by atoms with Crippen LogP contribution in [0.1, 0.15) is 12.8 Å². The molecule has 0 aromatic carbocycles. The van der Waals surface area contributed by atoms with E-state index in [-0.39, 0.29) is 24.0 Å².